The number of carbonyl (C=O) groups excluding carboxylic acids is 1. The molecule has 1 aromatic carbocycles. The number of aryl methyl sites for hydroxylation is 1. The maximum Gasteiger partial charge on any atom is 0.252 e. The molecule has 3 rings (SSSR count). The number of pyridine rings is 1. The molecular weight excluding hydrogens is 276 g/mol. The van der Waals surface area contributed by atoms with E-state index in [0.717, 1.165) is 23.1 Å². The van der Waals surface area contributed by atoms with Gasteiger partial charge in [0.05, 0.1) is 11.1 Å². The van der Waals surface area contributed by atoms with Gasteiger partial charge in [0, 0.05) is 11.9 Å². The second-order valence-electron chi connectivity index (χ2n) is 5.24. The zero-order chi connectivity index (χ0) is 15.5. The number of hydrogen-bond acceptors (Lipinski definition) is 3. The van der Waals surface area contributed by atoms with Crippen molar-refractivity contribution < 1.29 is 9.21 Å². The fraction of sp³-hybridized carbons (Fsp3) is 0.222. The van der Waals surface area contributed by atoms with Crippen molar-refractivity contribution in [1.82, 2.24) is 10.3 Å². The maximum atomic E-state index is 12.4. The van der Waals surface area contributed by atoms with Gasteiger partial charge in [-0.05, 0) is 37.6 Å². The highest BCUT2D eigenvalue weighted by Gasteiger charge is 2.14. The average molecular weight is 294 g/mol. The predicted octanol–water partition coefficient (Wildman–Crippen LogP) is 3.94. The predicted molar refractivity (Wildman–Crippen MR) is 86.8 cm³/mol. The van der Waals surface area contributed by atoms with Gasteiger partial charge in [-0.25, -0.2) is 4.98 Å². The van der Waals surface area contributed by atoms with Gasteiger partial charge in [-0.2, -0.15) is 0 Å². The highest BCUT2D eigenvalue weighted by atomic mass is 16.3. The monoisotopic (exact) mass is 294 g/mol. The van der Waals surface area contributed by atoms with Crippen LogP contribution in [0.25, 0.3) is 22.4 Å². The van der Waals surface area contributed by atoms with E-state index < -0.39 is 0 Å². The van der Waals surface area contributed by atoms with Crippen molar-refractivity contribution >= 4 is 16.8 Å². The van der Waals surface area contributed by atoms with Crippen LogP contribution in [0.5, 0.6) is 0 Å². The van der Waals surface area contributed by atoms with Crippen LogP contribution in [0.3, 0.4) is 0 Å². The van der Waals surface area contributed by atoms with Crippen LogP contribution in [0, 0.1) is 6.92 Å². The lowest BCUT2D eigenvalue weighted by molar-refractivity contribution is 0.0955. The van der Waals surface area contributed by atoms with Crippen molar-refractivity contribution in [2.75, 3.05) is 6.54 Å². The summed E-state index contributed by atoms with van der Waals surface area (Å²) in [5.41, 5.74) is 2.09. The van der Waals surface area contributed by atoms with Crippen molar-refractivity contribution in [2.45, 2.75) is 20.3 Å². The first-order valence-corrected chi connectivity index (χ1v) is 7.44. The van der Waals surface area contributed by atoms with Gasteiger partial charge < -0.3 is 9.73 Å². The molecule has 0 unspecified atom stereocenters. The second-order valence-corrected chi connectivity index (χ2v) is 5.24. The molecule has 0 aliphatic heterocycles. The Kier molecular flexibility index (Phi) is 3.92. The smallest absolute Gasteiger partial charge is 0.252 e. The number of furan rings is 1. The third kappa shape index (κ3) is 2.72. The zero-order valence-corrected chi connectivity index (χ0v) is 12.7. The molecule has 0 aliphatic carbocycles. The van der Waals surface area contributed by atoms with Gasteiger partial charge in [-0.15, -0.1) is 0 Å². The zero-order valence-electron chi connectivity index (χ0n) is 12.7. The molecule has 4 heteroatoms. The van der Waals surface area contributed by atoms with Gasteiger partial charge in [0.25, 0.3) is 5.91 Å². The van der Waals surface area contributed by atoms with Crippen LogP contribution in [-0.2, 0) is 0 Å². The standard InChI is InChI=1S/C18H18N2O2/c1-3-10-19-18(21)14-11-16(17-9-8-12(2)22-17)20-15-7-5-4-6-13(14)15/h4-9,11H,3,10H2,1-2H3,(H,19,21). The van der Waals surface area contributed by atoms with E-state index in [0.29, 0.717) is 23.6 Å². The fourth-order valence-electron chi connectivity index (χ4n) is 2.40. The second kappa shape index (κ2) is 6.02. The minimum atomic E-state index is -0.0787. The molecule has 3 aromatic rings. The molecule has 1 amide bonds. The number of nitrogens with one attached hydrogen (secondary N) is 1. The highest BCUT2D eigenvalue weighted by molar-refractivity contribution is 6.07. The van der Waals surface area contributed by atoms with E-state index in [1.807, 2.05) is 50.2 Å². The Morgan fingerprint density at radius 3 is 2.77 bits per heavy atom. The van der Waals surface area contributed by atoms with Crippen LogP contribution < -0.4 is 5.32 Å². The Hall–Kier alpha value is -2.62. The molecule has 4 nitrogen and oxygen atoms in total. The maximum absolute atomic E-state index is 12.4. The third-order valence-corrected chi connectivity index (χ3v) is 3.49. The van der Waals surface area contributed by atoms with E-state index in [9.17, 15) is 4.79 Å². The molecule has 0 fully saturated rings. The number of fused-ring (bicyclic) bond motifs is 1. The third-order valence-electron chi connectivity index (χ3n) is 3.49. The van der Waals surface area contributed by atoms with Crippen molar-refractivity contribution in [3.63, 3.8) is 0 Å². The van der Waals surface area contributed by atoms with E-state index in [-0.39, 0.29) is 5.91 Å². The first-order valence-electron chi connectivity index (χ1n) is 7.44. The summed E-state index contributed by atoms with van der Waals surface area (Å²) in [7, 11) is 0. The Balaban J connectivity index is 2.14. The first kappa shape index (κ1) is 14.3. The van der Waals surface area contributed by atoms with Gasteiger partial charge in [0.2, 0.25) is 0 Å². The van der Waals surface area contributed by atoms with E-state index in [4.69, 9.17) is 4.42 Å². The summed E-state index contributed by atoms with van der Waals surface area (Å²) in [6.45, 7) is 4.58. The fourth-order valence-corrected chi connectivity index (χ4v) is 2.40. The lowest BCUT2D eigenvalue weighted by atomic mass is 10.1. The van der Waals surface area contributed by atoms with Gasteiger partial charge in [-0.1, -0.05) is 25.1 Å². The summed E-state index contributed by atoms with van der Waals surface area (Å²) in [4.78, 5) is 17.0. The van der Waals surface area contributed by atoms with Gasteiger partial charge in [-0.3, -0.25) is 4.79 Å². The van der Waals surface area contributed by atoms with Crippen LogP contribution >= 0.6 is 0 Å². The Labute approximate surface area is 129 Å². The number of aromatic nitrogens is 1. The molecular formula is C18H18N2O2. The van der Waals surface area contributed by atoms with Crippen LogP contribution in [0.1, 0.15) is 29.5 Å². The topological polar surface area (TPSA) is 55.1 Å². The quantitative estimate of drug-likeness (QED) is 0.793. The molecule has 0 aliphatic rings. The number of rotatable bonds is 4. The molecule has 0 spiro atoms. The summed E-state index contributed by atoms with van der Waals surface area (Å²) in [6.07, 6.45) is 0.902. The number of carbonyl (C=O) groups is 1. The SMILES string of the molecule is CCCNC(=O)c1cc(-c2ccc(C)o2)nc2ccccc12. The van der Waals surface area contributed by atoms with Crippen LogP contribution in [-0.4, -0.2) is 17.4 Å². The summed E-state index contributed by atoms with van der Waals surface area (Å²) in [6, 6.07) is 13.2. The van der Waals surface area contributed by atoms with E-state index in [1.165, 1.54) is 0 Å². The van der Waals surface area contributed by atoms with Gasteiger partial charge in [0.15, 0.2) is 5.76 Å². The summed E-state index contributed by atoms with van der Waals surface area (Å²) >= 11 is 0. The molecule has 22 heavy (non-hydrogen) atoms. The summed E-state index contributed by atoms with van der Waals surface area (Å²) < 4.78 is 5.64. The first-order chi connectivity index (χ1) is 10.7. The van der Waals surface area contributed by atoms with Crippen molar-refractivity contribution in [3.8, 4) is 11.5 Å². The molecule has 0 atom stereocenters. The average Bonchev–Trinajstić information content (AvgIpc) is 2.98. The van der Waals surface area contributed by atoms with Crippen molar-refractivity contribution in [2.24, 2.45) is 0 Å². The van der Waals surface area contributed by atoms with Crippen LogP contribution in [0.2, 0.25) is 0 Å². The van der Waals surface area contributed by atoms with Crippen molar-refractivity contribution in [3.05, 3.63) is 53.8 Å². The number of hydrogen-bond donors (Lipinski definition) is 1. The van der Waals surface area contributed by atoms with Gasteiger partial charge >= 0.3 is 0 Å². The molecule has 2 heterocycles. The minimum Gasteiger partial charge on any atom is -0.460 e. The van der Waals surface area contributed by atoms with Crippen LogP contribution in [0.15, 0.2) is 46.9 Å². The van der Waals surface area contributed by atoms with Crippen LogP contribution in [0.4, 0.5) is 0 Å². The van der Waals surface area contributed by atoms with E-state index >= 15 is 0 Å². The van der Waals surface area contributed by atoms with E-state index in [1.54, 1.807) is 6.07 Å². The molecule has 1 N–H and O–H groups in total. The lowest BCUT2D eigenvalue weighted by Gasteiger charge is -2.09. The molecule has 0 radical (unpaired) electrons. The normalized spacial score (nSPS) is 10.8. The highest BCUT2D eigenvalue weighted by Crippen LogP contribution is 2.26. The van der Waals surface area contributed by atoms with Gasteiger partial charge in [0.1, 0.15) is 11.5 Å². The summed E-state index contributed by atoms with van der Waals surface area (Å²) in [5, 5.41) is 3.78. The van der Waals surface area contributed by atoms with Crippen molar-refractivity contribution in [1.29, 1.82) is 0 Å². The van der Waals surface area contributed by atoms with E-state index in [2.05, 4.69) is 10.3 Å². The summed E-state index contributed by atoms with van der Waals surface area (Å²) in [5.74, 6) is 1.42. The minimum absolute atomic E-state index is 0.0787. The largest absolute Gasteiger partial charge is 0.460 e. The number of amides is 1. The Morgan fingerprint density at radius 1 is 1.23 bits per heavy atom. The number of para-hydroxylation sites is 1. The molecule has 2 aromatic heterocycles. The molecule has 0 saturated carbocycles. The Morgan fingerprint density at radius 2 is 2.05 bits per heavy atom. The molecule has 112 valence electrons. The number of benzene rings is 1. The lowest BCUT2D eigenvalue weighted by Crippen LogP contribution is -2.24. The number of nitrogens with zero attached hydrogens (tertiary/aromatic N) is 1. The molecule has 0 saturated heterocycles. The molecule has 0 bridgehead atoms. The Bertz CT molecular complexity index is 821.